The maximum absolute atomic E-state index is 6.89. The average Bonchev–Trinajstić information content (AvgIpc) is 3.85. The highest BCUT2D eigenvalue weighted by Crippen LogP contribution is 2.47. The Morgan fingerprint density at radius 1 is 0.455 bits per heavy atom. The van der Waals surface area contributed by atoms with Gasteiger partial charge in [0.2, 0.25) is 5.89 Å². The van der Waals surface area contributed by atoms with Gasteiger partial charge in [0.05, 0.1) is 22.4 Å². The van der Waals surface area contributed by atoms with E-state index in [2.05, 4.69) is 204 Å². The minimum atomic E-state index is 0.602. The Morgan fingerprint density at radius 3 is 1.91 bits per heavy atom. The largest absolute Gasteiger partial charge is 0.434 e. The van der Waals surface area contributed by atoms with Crippen molar-refractivity contribution >= 4 is 71.5 Å². The molecule has 0 saturated carbocycles. The molecule has 0 bridgehead atoms. The number of hydrogen-bond acceptors (Lipinski definition) is 3. The second kappa shape index (κ2) is 12.6. The smallest absolute Gasteiger partial charge is 0.228 e. The van der Waals surface area contributed by atoms with Gasteiger partial charge in [0, 0.05) is 38.5 Å². The number of rotatable bonds is 6. The van der Waals surface area contributed by atoms with Gasteiger partial charge in [-0.25, -0.2) is 4.98 Å². The van der Waals surface area contributed by atoms with Crippen LogP contribution in [0.5, 0.6) is 0 Å². The van der Waals surface area contributed by atoms with E-state index in [-0.39, 0.29) is 0 Å². The second-order valence-electron chi connectivity index (χ2n) is 13.9. The van der Waals surface area contributed by atoms with Crippen molar-refractivity contribution < 1.29 is 4.42 Å². The van der Waals surface area contributed by atoms with Crippen molar-refractivity contribution in [2.75, 3.05) is 4.90 Å². The zero-order valence-electron chi connectivity index (χ0n) is 29.8. The van der Waals surface area contributed by atoms with E-state index >= 15 is 0 Å². The van der Waals surface area contributed by atoms with Crippen LogP contribution in [0.3, 0.4) is 0 Å². The van der Waals surface area contributed by atoms with Crippen LogP contribution in [0.1, 0.15) is 0 Å². The molecule has 0 atom stereocenters. The van der Waals surface area contributed by atoms with E-state index in [1.165, 1.54) is 32.8 Å². The summed E-state index contributed by atoms with van der Waals surface area (Å²) in [5.74, 6) is 0.602. The zero-order valence-corrected chi connectivity index (χ0v) is 29.8. The number of aromatic nitrogens is 2. The molecule has 0 amide bonds. The van der Waals surface area contributed by atoms with Crippen molar-refractivity contribution in [2.45, 2.75) is 0 Å². The number of hydrogen-bond donors (Lipinski definition) is 0. The molecular weight excluding hydrogens is 671 g/mol. The molecule has 0 radical (unpaired) electrons. The Hall–Kier alpha value is -7.43. The van der Waals surface area contributed by atoms with Gasteiger partial charge in [-0.15, -0.1) is 0 Å². The topological polar surface area (TPSA) is 34.2 Å². The van der Waals surface area contributed by atoms with Crippen LogP contribution >= 0.6 is 0 Å². The fourth-order valence-corrected chi connectivity index (χ4v) is 8.31. The lowest BCUT2D eigenvalue weighted by Gasteiger charge is -2.27. The minimum absolute atomic E-state index is 0.602. The quantitative estimate of drug-likeness (QED) is 0.173. The molecule has 55 heavy (non-hydrogen) atoms. The Balaban J connectivity index is 1.20. The third kappa shape index (κ3) is 5.03. The van der Waals surface area contributed by atoms with E-state index in [1.807, 2.05) is 6.07 Å². The van der Waals surface area contributed by atoms with Crippen molar-refractivity contribution in [3.8, 4) is 28.3 Å². The number of oxazole rings is 1. The van der Waals surface area contributed by atoms with Crippen LogP contribution in [0.2, 0.25) is 0 Å². The Morgan fingerprint density at radius 2 is 1.09 bits per heavy atom. The summed E-state index contributed by atoms with van der Waals surface area (Å²) in [6, 6.07) is 70.9. The van der Waals surface area contributed by atoms with E-state index in [0.29, 0.717) is 5.89 Å². The van der Waals surface area contributed by atoms with E-state index in [1.54, 1.807) is 0 Å². The maximum Gasteiger partial charge on any atom is 0.228 e. The van der Waals surface area contributed by atoms with Crippen LogP contribution in [0.15, 0.2) is 205 Å². The normalized spacial score (nSPS) is 11.6. The fraction of sp³-hybridized carbons (Fsp3) is 0. The van der Waals surface area contributed by atoms with Gasteiger partial charge in [-0.2, -0.15) is 0 Å². The van der Waals surface area contributed by atoms with E-state index in [4.69, 9.17) is 9.40 Å². The van der Waals surface area contributed by atoms with E-state index < -0.39 is 0 Å². The zero-order chi connectivity index (χ0) is 36.3. The summed E-state index contributed by atoms with van der Waals surface area (Å²) in [7, 11) is 0. The summed E-state index contributed by atoms with van der Waals surface area (Å²) in [5.41, 5.74) is 11.3. The van der Waals surface area contributed by atoms with Crippen molar-refractivity contribution in [2.24, 2.45) is 0 Å². The molecule has 0 spiro atoms. The molecule has 2 aromatic heterocycles. The van der Waals surface area contributed by atoms with Gasteiger partial charge in [0.25, 0.3) is 0 Å². The molecule has 2 heterocycles. The molecule has 0 unspecified atom stereocenters. The lowest BCUT2D eigenvalue weighted by atomic mass is 10.0. The van der Waals surface area contributed by atoms with Gasteiger partial charge in [-0.1, -0.05) is 146 Å². The first-order chi connectivity index (χ1) is 27.3. The second-order valence-corrected chi connectivity index (χ2v) is 13.9. The first-order valence-electron chi connectivity index (χ1n) is 18.6. The van der Waals surface area contributed by atoms with Crippen molar-refractivity contribution in [3.63, 3.8) is 0 Å². The number of benzene rings is 9. The maximum atomic E-state index is 6.89. The van der Waals surface area contributed by atoms with E-state index in [0.717, 1.165) is 61.1 Å². The summed E-state index contributed by atoms with van der Waals surface area (Å²) >= 11 is 0. The van der Waals surface area contributed by atoms with Crippen LogP contribution in [0.25, 0.3) is 82.7 Å². The molecule has 0 aliphatic rings. The highest BCUT2D eigenvalue weighted by Gasteiger charge is 2.25. The first kappa shape index (κ1) is 31.1. The van der Waals surface area contributed by atoms with Crippen LogP contribution in [-0.4, -0.2) is 9.55 Å². The number of fused-ring (bicyclic) bond motifs is 7. The molecule has 4 heteroatoms. The molecule has 258 valence electrons. The molecule has 0 saturated heterocycles. The van der Waals surface area contributed by atoms with Crippen molar-refractivity contribution in [1.82, 2.24) is 9.55 Å². The fourth-order valence-electron chi connectivity index (χ4n) is 8.31. The third-order valence-electron chi connectivity index (χ3n) is 10.8. The van der Waals surface area contributed by atoms with Gasteiger partial charge >= 0.3 is 0 Å². The van der Waals surface area contributed by atoms with Crippen LogP contribution in [-0.2, 0) is 0 Å². The van der Waals surface area contributed by atoms with Crippen LogP contribution in [0, 0.1) is 0 Å². The Bertz CT molecular complexity index is 3190. The lowest BCUT2D eigenvalue weighted by Crippen LogP contribution is -2.11. The number of nitrogens with zero attached hydrogens (tertiary/aromatic N) is 3. The predicted molar refractivity (Wildman–Crippen MR) is 229 cm³/mol. The molecular formula is C51H33N3O. The molecule has 11 rings (SSSR count). The summed E-state index contributed by atoms with van der Waals surface area (Å²) in [4.78, 5) is 7.46. The van der Waals surface area contributed by atoms with Crippen molar-refractivity contribution in [3.05, 3.63) is 200 Å². The number of para-hydroxylation sites is 3. The predicted octanol–water partition coefficient (Wildman–Crippen LogP) is 14.0. The summed E-state index contributed by atoms with van der Waals surface area (Å²) < 4.78 is 9.29. The Kier molecular flexibility index (Phi) is 7.14. The van der Waals surface area contributed by atoms with Crippen LogP contribution in [0.4, 0.5) is 17.1 Å². The SMILES string of the molecule is c1ccc(-c2ccc(N(c3cc4c5ccccc5n(-c5ccccc5)c4c4ccccc34)c3cccc4nc(-c5cccc6ccccc56)oc34)cc2)cc1. The third-order valence-corrected chi connectivity index (χ3v) is 10.8. The van der Waals surface area contributed by atoms with Gasteiger partial charge in [-0.3, -0.25) is 0 Å². The van der Waals surface area contributed by atoms with Gasteiger partial charge in [0.1, 0.15) is 5.52 Å². The standard InChI is InChI=1S/C51H33N3O/c1-3-15-34(16-4-1)35-29-31-38(32-30-35)53(47-28-14-26-45-50(47)55-51(52-45)43-25-13-18-36-17-7-8-21-39(36)43)48-33-44-41-23-11-12-27-46(41)54(37-19-5-2-6-20-37)49(44)42-24-10-9-22-40(42)48/h1-33H. The molecule has 0 aliphatic heterocycles. The summed E-state index contributed by atoms with van der Waals surface area (Å²) in [6.45, 7) is 0. The molecule has 0 fully saturated rings. The lowest BCUT2D eigenvalue weighted by molar-refractivity contribution is 0.621. The summed E-state index contributed by atoms with van der Waals surface area (Å²) in [5, 5.41) is 6.94. The van der Waals surface area contributed by atoms with Gasteiger partial charge in [-0.05, 0) is 76.5 Å². The van der Waals surface area contributed by atoms with Crippen molar-refractivity contribution in [1.29, 1.82) is 0 Å². The van der Waals surface area contributed by atoms with Gasteiger partial charge in [0.15, 0.2) is 5.58 Å². The molecule has 9 aromatic carbocycles. The average molecular weight is 704 g/mol. The molecule has 4 nitrogen and oxygen atoms in total. The molecule has 11 aromatic rings. The Labute approximate surface area is 317 Å². The van der Waals surface area contributed by atoms with E-state index in [9.17, 15) is 0 Å². The monoisotopic (exact) mass is 703 g/mol. The van der Waals surface area contributed by atoms with Crippen LogP contribution < -0.4 is 4.90 Å². The minimum Gasteiger partial charge on any atom is -0.434 e. The highest BCUT2D eigenvalue weighted by atomic mass is 16.3. The highest BCUT2D eigenvalue weighted by molar-refractivity contribution is 6.23. The molecule has 0 aliphatic carbocycles. The first-order valence-corrected chi connectivity index (χ1v) is 18.6. The number of anilines is 3. The van der Waals surface area contributed by atoms with Gasteiger partial charge < -0.3 is 13.9 Å². The molecule has 0 N–H and O–H groups in total. The summed E-state index contributed by atoms with van der Waals surface area (Å²) in [6.07, 6.45) is 0.